The number of ether oxygens (including phenoxy) is 2. The fourth-order valence-electron chi connectivity index (χ4n) is 1.61. The minimum Gasteiger partial charge on any atom is -0.465 e. The number of non-ortho nitro benzene ring substituents is 1. The van der Waals surface area contributed by atoms with E-state index in [1.165, 1.54) is 19.2 Å². The molecule has 0 spiro atoms. The zero-order valence-corrected chi connectivity index (χ0v) is 10.6. The molecule has 0 N–H and O–H groups in total. The highest BCUT2D eigenvalue weighted by Gasteiger charge is 2.18. The molecule has 0 atom stereocenters. The van der Waals surface area contributed by atoms with Crippen molar-refractivity contribution >= 4 is 11.7 Å². The molecule has 0 aromatic heterocycles. The van der Waals surface area contributed by atoms with Gasteiger partial charge in [0.05, 0.1) is 12.0 Å². The smallest absolute Gasteiger partial charge is 0.341 e. The van der Waals surface area contributed by atoms with Gasteiger partial charge in [-0.15, -0.1) is 0 Å². The number of hydrogen-bond donors (Lipinski definition) is 0. The van der Waals surface area contributed by atoms with E-state index in [0.717, 1.165) is 6.07 Å². The fraction of sp³-hybridized carbons (Fsp3) is 0.0714. The molecule has 6 nitrogen and oxygen atoms in total. The fourth-order valence-corrected chi connectivity index (χ4v) is 1.61. The first-order valence-corrected chi connectivity index (χ1v) is 5.71. The number of methoxy groups -OCH3 is 1. The van der Waals surface area contributed by atoms with Crippen LogP contribution in [0, 0.1) is 10.1 Å². The quantitative estimate of drug-likeness (QED) is 0.485. The van der Waals surface area contributed by atoms with Crippen molar-refractivity contribution in [2.45, 2.75) is 0 Å². The lowest BCUT2D eigenvalue weighted by atomic mass is 10.2. The minimum absolute atomic E-state index is 0.00514. The molecule has 0 fully saturated rings. The molecule has 0 aliphatic rings. The summed E-state index contributed by atoms with van der Waals surface area (Å²) in [6.45, 7) is 0. The van der Waals surface area contributed by atoms with E-state index in [1.54, 1.807) is 24.3 Å². The van der Waals surface area contributed by atoms with Gasteiger partial charge in [-0.1, -0.05) is 18.2 Å². The van der Waals surface area contributed by atoms with Crippen LogP contribution in [0.3, 0.4) is 0 Å². The van der Waals surface area contributed by atoms with E-state index >= 15 is 0 Å². The van der Waals surface area contributed by atoms with Gasteiger partial charge in [0.15, 0.2) is 0 Å². The number of rotatable bonds is 4. The molecule has 0 saturated heterocycles. The first kappa shape index (κ1) is 13.5. The van der Waals surface area contributed by atoms with Crippen LogP contribution in [0.15, 0.2) is 48.5 Å². The van der Waals surface area contributed by atoms with Gasteiger partial charge < -0.3 is 9.47 Å². The van der Waals surface area contributed by atoms with Gasteiger partial charge in [-0.05, 0) is 18.2 Å². The summed E-state index contributed by atoms with van der Waals surface area (Å²) in [6, 6.07) is 12.6. The van der Waals surface area contributed by atoms with Crippen LogP contribution in [0.1, 0.15) is 10.4 Å². The maximum absolute atomic E-state index is 11.7. The van der Waals surface area contributed by atoms with Crippen molar-refractivity contribution in [1.29, 1.82) is 0 Å². The number of esters is 1. The number of nitro groups is 1. The number of hydrogen-bond acceptors (Lipinski definition) is 5. The molecule has 0 unspecified atom stereocenters. The van der Waals surface area contributed by atoms with Crippen molar-refractivity contribution < 1.29 is 19.2 Å². The average Bonchev–Trinajstić information content (AvgIpc) is 2.47. The van der Waals surface area contributed by atoms with Crippen LogP contribution in [0.2, 0.25) is 0 Å². The van der Waals surface area contributed by atoms with E-state index in [4.69, 9.17) is 4.74 Å². The van der Waals surface area contributed by atoms with Crippen LogP contribution in [0.5, 0.6) is 11.5 Å². The van der Waals surface area contributed by atoms with Gasteiger partial charge in [-0.2, -0.15) is 0 Å². The first-order valence-electron chi connectivity index (χ1n) is 5.71. The van der Waals surface area contributed by atoms with Crippen molar-refractivity contribution in [3.8, 4) is 11.5 Å². The van der Waals surface area contributed by atoms with Gasteiger partial charge in [-0.3, -0.25) is 10.1 Å². The molecule has 0 amide bonds. The molecule has 2 rings (SSSR count). The highest BCUT2D eigenvalue weighted by atomic mass is 16.6. The molecule has 2 aromatic rings. The maximum atomic E-state index is 11.7. The van der Waals surface area contributed by atoms with Crippen molar-refractivity contribution in [3.05, 3.63) is 64.2 Å². The molecule has 0 saturated carbocycles. The van der Waals surface area contributed by atoms with Crippen LogP contribution in [0.4, 0.5) is 5.69 Å². The molecular weight excluding hydrogens is 262 g/mol. The Morgan fingerprint density at radius 2 is 1.85 bits per heavy atom. The van der Waals surface area contributed by atoms with Gasteiger partial charge in [-0.25, -0.2) is 4.79 Å². The Morgan fingerprint density at radius 3 is 2.45 bits per heavy atom. The van der Waals surface area contributed by atoms with E-state index in [0.29, 0.717) is 5.75 Å². The van der Waals surface area contributed by atoms with Crippen LogP contribution in [0.25, 0.3) is 0 Å². The molecule has 102 valence electrons. The second-order valence-corrected chi connectivity index (χ2v) is 3.84. The normalized spacial score (nSPS) is 9.85. The van der Waals surface area contributed by atoms with Gasteiger partial charge in [0.1, 0.15) is 17.1 Å². The number of benzene rings is 2. The molecular formula is C14H11NO5. The summed E-state index contributed by atoms with van der Waals surface area (Å²) < 4.78 is 10.2. The Balaban J connectivity index is 2.41. The van der Waals surface area contributed by atoms with Crippen LogP contribution >= 0.6 is 0 Å². The summed E-state index contributed by atoms with van der Waals surface area (Å²) in [4.78, 5) is 21.8. The molecule has 20 heavy (non-hydrogen) atoms. The molecule has 0 bridgehead atoms. The monoisotopic (exact) mass is 273 g/mol. The SMILES string of the molecule is COC(=O)c1cc([N+](=O)[O-])ccc1Oc1ccccc1. The van der Waals surface area contributed by atoms with Crippen LogP contribution < -0.4 is 4.74 Å². The second-order valence-electron chi connectivity index (χ2n) is 3.84. The lowest BCUT2D eigenvalue weighted by molar-refractivity contribution is -0.384. The average molecular weight is 273 g/mol. The van der Waals surface area contributed by atoms with Crippen molar-refractivity contribution in [3.63, 3.8) is 0 Å². The summed E-state index contributed by atoms with van der Waals surface area (Å²) in [5.74, 6) is 0.0276. The highest BCUT2D eigenvalue weighted by molar-refractivity contribution is 5.93. The lowest BCUT2D eigenvalue weighted by Gasteiger charge is -2.09. The summed E-state index contributed by atoms with van der Waals surface area (Å²) in [6.07, 6.45) is 0. The Hall–Kier alpha value is -2.89. The topological polar surface area (TPSA) is 78.7 Å². The Labute approximate surface area is 114 Å². The summed E-state index contributed by atoms with van der Waals surface area (Å²) in [7, 11) is 1.20. The summed E-state index contributed by atoms with van der Waals surface area (Å²) >= 11 is 0. The van der Waals surface area contributed by atoms with E-state index in [2.05, 4.69) is 4.74 Å². The van der Waals surface area contributed by atoms with Gasteiger partial charge in [0.2, 0.25) is 0 Å². The van der Waals surface area contributed by atoms with E-state index in [-0.39, 0.29) is 17.0 Å². The zero-order valence-electron chi connectivity index (χ0n) is 10.6. The second kappa shape index (κ2) is 5.83. The number of nitrogens with zero attached hydrogens (tertiary/aromatic N) is 1. The van der Waals surface area contributed by atoms with Gasteiger partial charge in [0, 0.05) is 12.1 Å². The molecule has 0 aliphatic heterocycles. The molecule has 0 aliphatic carbocycles. The third-order valence-electron chi connectivity index (χ3n) is 2.55. The predicted molar refractivity (Wildman–Crippen MR) is 71.0 cm³/mol. The van der Waals surface area contributed by atoms with Crippen molar-refractivity contribution in [2.24, 2.45) is 0 Å². The molecule has 0 heterocycles. The number of carbonyl (C=O) groups is 1. The van der Waals surface area contributed by atoms with E-state index in [1.807, 2.05) is 6.07 Å². The summed E-state index contributed by atoms with van der Waals surface area (Å²) in [5.41, 5.74) is -0.198. The van der Waals surface area contributed by atoms with Gasteiger partial charge in [0.25, 0.3) is 5.69 Å². The van der Waals surface area contributed by atoms with Gasteiger partial charge >= 0.3 is 5.97 Å². The van der Waals surface area contributed by atoms with Crippen molar-refractivity contribution in [1.82, 2.24) is 0 Å². The zero-order chi connectivity index (χ0) is 14.5. The molecule has 6 heteroatoms. The molecule has 0 radical (unpaired) electrons. The Kier molecular flexibility index (Phi) is 3.95. The minimum atomic E-state index is -0.695. The third-order valence-corrected chi connectivity index (χ3v) is 2.55. The number of carbonyl (C=O) groups excluding carboxylic acids is 1. The number of para-hydroxylation sites is 1. The Morgan fingerprint density at radius 1 is 1.15 bits per heavy atom. The third kappa shape index (κ3) is 2.92. The van der Waals surface area contributed by atoms with Crippen LogP contribution in [-0.2, 0) is 4.74 Å². The first-order chi connectivity index (χ1) is 9.61. The van der Waals surface area contributed by atoms with Crippen LogP contribution in [-0.4, -0.2) is 18.0 Å². The van der Waals surface area contributed by atoms with Crippen molar-refractivity contribution in [2.75, 3.05) is 7.11 Å². The predicted octanol–water partition coefficient (Wildman–Crippen LogP) is 3.17. The van der Waals surface area contributed by atoms with E-state index < -0.39 is 10.9 Å². The summed E-state index contributed by atoms with van der Waals surface area (Å²) in [5, 5.41) is 10.7. The maximum Gasteiger partial charge on any atom is 0.341 e. The Bertz CT molecular complexity index is 639. The standard InChI is InChI=1S/C14H11NO5/c1-19-14(16)12-9-10(15(17)18)7-8-13(12)20-11-5-3-2-4-6-11/h2-9H,1H3. The number of nitro benzene ring substituents is 1. The lowest BCUT2D eigenvalue weighted by Crippen LogP contribution is -2.04. The molecule has 2 aromatic carbocycles. The largest absolute Gasteiger partial charge is 0.465 e. The van der Waals surface area contributed by atoms with E-state index in [9.17, 15) is 14.9 Å². The highest BCUT2D eigenvalue weighted by Crippen LogP contribution is 2.29.